The molecule has 150 valence electrons. The number of fused-ring (bicyclic) bond motifs is 2. The Morgan fingerprint density at radius 3 is 2.66 bits per heavy atom. The number of amides is 1. The highest BCUT2D eigenvalue weighted by Gasteiger charge is 2.43. The molecule has 3 aromatic rings. The van der Waals surface area contributed by atoms with Crippen LogP contribution in [0.15, 0.2) is 51.7 Å². The van der Waals surface area contributed by atoms with E-state index in [0.29, 0.717) is 23.6 Å². The Balaban J connectivity index is 1.91. The molecule has 2 aromatic carbocycles. The van der Waals surface area contributed by atoms with Gasteiger partial charge in [0.2, 0.25) is 5.76 Å². The predicted octanol–water partition coefficient (Wildman–Crippen LogP) is 2.67. The van der Waals surface area contributed by atoms with Crippen LogP contribution in [0.25, 0.3) is 11.0 Å². The second-order valence-electron chi connectivity index (χ2n) is 7.55. The maximum Gasteiger partial charge on any atom is 0.290 e. The molecule has 7 heteroatoms. The minimum atomic E-state index is -0.824. The minimum Gasteiger partial charge on any atom is -0.450 e. The number of nitrogens with zero attached hydrogens (tertiary/aromatic N) is 1. The van der Waals surface area contributed by atoms with Crippen LogP contribution in [0.5, 0.6) is 0 Å². The summed E-state index contributed by atoms with van der Waals surface area (Å²) in [6.45, 7) is 1.23. The first-order chi connectivity index (χ1) is 13.9. The van der Waals surface area contributed by atoms with Crippen LogP contribution in [0.4, 0.5) is 4.39 Å². The van der Waals surface area contributed by atoms with Gasteiger partial charge in [-0.2, -0.15) is 0 Å². The molecule has 29 heavy (non-hydrogen) atoms. The van der Waals surface area contributed by atoms with Gasteiger partial charge in [-0.1, -0.05) is 29.8 Å². The van der Waals surface area contributed by atoms with E-state index in [0.717, 1.165) is 6.54 Å². The van der Waals surface area contributed by atoms with E-state index in [9.17, 15) is 14.0 Å². The molecule has 0 saturated carbocycles. The first-order valence-electron chi connectivity index (χ1n) is 9.49. The summed E-state index contributed by atoms with van der Waals surface area (Å²) in [5.41, 5.74) is 0.391. The van der Waals surface area contributed by atoms with Gasteiger partial charge in [0.1, 0.15) is 11.4 Å². The largest absolute Gasteiger partial charge is 0.450 e. The van der Waals surface area contributed by atoms with Gasteiger partial charge in [0.25, 0.3) is 5.91 Å². The highest BCUT2D eigenvalue weighted by molar-refractivity contribution is 6.31. The molecule has 0 radical (unpaired) electrons. The first kappa shape index (κ1) is 19.6. The second kappa shape index (κ2) is 7.61. The predicted molar refractivity (Wildman–Crippen MR) is 109 cm³/mol. The van der Waals surface area contributed by atoms with Crippen LogP contribution in [0.1, 0.15) is 34.1 Å². The smallest absolute Gasteiger partial charge is 0.290 e. The van der Waals surface area contributed by atoms with Crippen molar-refractivity contribution in [1.82, 2.24) is 4.90 Å². The van der Waals surface area contributed by atoms with E-state index < -0.39 is 17.8 Å². The van der Waals surface area contributed by atoms with Gasteiger partial charge in [0.15, 0.2) is 5.43 Å². The Kier molecular flexibility index (Phi) is 5.15. The molecule has 1 aliphatic heterocycles. The molecule has 0 saturated heterocycles. The molecule has 1 amide bonds. The second-order valence-corrected chi connectivity index (χ2v) is 7.98. The number of hydrogen-bond donors (Lipinski definition) is 1. The van der Waals surface area contributed by atoms with Crippen LogP contribution in [0.2, 0.25) is 5.02 Å². The van der Waals surface area contributed by atoms with Crippen LogP contribution < -0.4 is 10.3 Å². The number of halogens is 2. The van der Waals surface area contributed by atoms with Crippen molar-refractivity contribution in [2.45, 2.75) is 12.5 Å². The molecule has 1 aromatic heterocycles. The van der Waals surface area contributed by atoms with Gasteiger partial charge >= 0.3 is 0 Å². The lowest BCUT2D eigenvalue weighted by Gasteiger charge is -2.25. The molecule has 0 spiro atoms. The SMILES string of the molecule is C[NH+](C)CCCN1C(=O)c2oc3ccc(Cl)cc3c(=O)c2[C@@H]1c1ccccc1F. The van der Waals surface area contributed by atoms with Gasteiger partial charge in [-0.15, -0.1) is 0 Å². The molecule has 0 fully saturated rings. The topological polar surface area (TPSA) is 55.0 Å². The van der Waals surface area contributed by atoms with E-state index in [1.807, 2.05) is 14.1 Å². The summed E-state index contributed by atoms with van der Waals surface area (Å²) in [4.78, 5) is 29.3. The molecule has 2 heterocycles. The Labute approximate surface area is 172 Å². The Hall–Kier alpha value is -2.70. The van der Waals surface area contributed by atoms with Crippen LogP contribution in [-0.4, -0.2) is 38.0 Å². The van der Waals surface area contributed by atoms with Crippen molar-refractivity contribution in [2.24, 2.45) is 0 Å². The van der Waals surface area contributed by atoms with Crippen molar-refractivity contribution in [1.29, 1.82) is 0 Å². The minimum absolute atomic E-state index is 0.0183. The summed E-state index contributed by atoms with van der Waals surface area (Å²) >= 11 is 6.06. The van der Waals surface area contributed by atoms with E-state index in [1.165, 1.54) is 21.9 Å². The Bertz CT molecular complexity index is 1160. The van der Waals surface area contributed by atoms with Gasteiger partial charge in [-0.25, -0.2) is 4.39 Å². The third-order valence-corrected chi connectivity index (χ3v) is 5.44. The summed E-state index contributed by atoms with van der Waals surface area (Å²) in [6, 6.07) is 10.1. The molecule has 0 aliphatic carbocycles. The monoisotopic (exact) mass is 415 g/mol. The molecular formula is C22H21ClFN2O3+. The average molecular weight is 416 g/mol. The lowest BCUT2D eigenvalue weighted by atomic mass is 9.98. The van der Waals surface area contributed by atoms with Crippen LogP contribution in [-0.2, 0) is 0 Å². The summed E-state index contributed by atoms with van der Waals surface area (Å²) < 4.78 is 20.5. The van der Waals surface area contributed by atoms with Crippen molar-refractivity contribution >= 4 is 28.5 Å². The summed E-state index contributed by atoms with van der Waals surface area (Å²) in [7, 11) is 4.05. The Morgan fingerprint density at radius 2 is 1.93 bits per heavy atom. The van der Waals surface area contributed by atoms with E-state index in [1.54, 1.807) is 30.3 Å². The number of quaternary nitrogens is 1. The molecule has 4 rings (SSSR count). The maximum absolute atomic E-state index is 14.7. The van der Waals surface area contributed by atoms with Crippen molar-refractivity contribution in [3.63, 3.8) is 0 Å². The number of benzene rings is 2. The average Bonchev–Trinajstić information content (AvgIpc) is 2.95. The number of nitrogens with one attached hydrogen (secondary N) is 1. The third kappa shape index (κ3) is 3.43. The van der Waals surface area contributed by atoms with Crippen molar-refractivity contribution in [3.8, 4) is 0 Å². The zero-order chi connectivity index (χ0) is 20.7. The van der Waals surface area contributed by atoms with Gasteiger partial charge in [-0.3, -0.25) is 9.59 Å². The molecule has 1 aliphatic rings. The van der Waals surface area contributed by atoms with Crippen LogP contribution in [0.3, 0.4) is 0 Å². The van der Waals surface area contributed by atoms with Crippen LogP contribution >= 0.6 is 11.6 Å². The van der Waals surface area contributed by atoms with Crippen molar-refractivity contribution < 1.29 is 18.5 Å². The highest BCUT2D eigenvalue weighted by Crippen LogP contribution is 2.39. The van der Waals surface area contributed by atoms with Gasteiger partial charge in [0.05, 0.1) is 37.6 Å². The van der Waals surface area contributed by atoms with E-state index >= 15 is 0 Å². The number of carbonyl (C=O) groups is 1. The molecular weight excluding hydrogens is 395 g/mol. The molecule has 0 bridgehead atoms. The Morgan fingerprint density at radius 1 is 1.17 bits per heavy atom. The zero-order valence-electron chi connectivity index (χ0n) is 16.2. The quantitative estimate of drug-likeness (QED) is 0.697. The van der Waals surface area contributed by atoms with Crippen molar-refractivity contribution in [3.05, 3.63) is 80.4 Å². The summed E-state index contributed by atoms with van der Waals surface area (Å²) in [6.07, 6.45) is 0.715. The fraction of sp³-hybridized carbons (Fsp3) is 0.273. The van der Waals surface area contributed by atoms with Crippen molar-refractivity contribution in [2.75, 3.05) is 27.2 Å². The fourth-order valence-corrected chi connectivity index (χ4v) is 4.02. The zero-order valence-corrected chi connectivity index (χ0v) is 16.9. The van der Waals surface area contributed by atoms with Gasteiger partial charge in [-0.05, 0) is 24.3 Å². The van der Waals surface area contributed by atoms with E-state index in [-0.39, 0.29) is 27.7 Å². The number of rotatable bonds is 5. The van der Waals surface area contributed by atoms with Crippen LogP contribution in [0, 0.1) is 5.82 Å². The summed E-state index contributed by atoms with van der Waals surface area (Å²) in [5, 5.41) is 0.673. The lowest BCUT2D eigenvalue weighted by molar-refractivity contribution is -0.858. The number of carbonyl (C=O) groups excluding carboxylic acids is 1. The van der Waals surface area contributed by atoms with E-state index in [4.69, 9.17) is 16.0 Å². The molecule has 1 N–H and O–H groups in total. The third-order valence-electron chi connectivity index (χ3n) is 5.20. The molecule has 0 unspecified atom stereocenters. The lowest BCUT2D eigenvalue weighted by Crippen LogP contribution is -3.05. The molecule has 1 atom stereocenters. The molecule has 5 nitrogen and oxygen atoms in total. The maximum atomic E-state index is 14.7. The van der Waals surface area contributed by atoms with E-state index in [2.05, 4.69) is 0 Å². The summed E-state index contributed by atoms with van der Waals surface area (Å²) in [5.74, 6) is -0.877. The number of hydrogen-bond acceptors (Lipinski definition) is 3. The standard InChI is InChI=1S/C22H20ClFN2O3/c1-25(2)10-5-11-26-19(14-6-3-4-7-16(14)24)18-20(27)15-12-13(23)8-9-17(15)29-21(18)22(26)28/h3-4,6-9,12,19H,5,10-11H2,1-2H3/p+1/t19-/m0/s1. The first-order valence-corrected chi connectivity index (χ1v) is 9.87. The normalized spacial score (nSPS) is 16.1. The highest BCUT2D eigenvalue weighted by atomic mass is 35.5. The van der Waals surface area contributed by atoms with Gasteiger partial charge in [0, 0.05) is 23.6 Å². The van der Waals surface area contributed by atoms with Gasteiger partial charge < -0.3 is 14.2 Å². The fourth-order valence-electron chi connectivity index (χ4n) is 3.85.